The van der Waals surface area contributed by atoms with Gasteiger partial charge in [0.25, 0.3) is 0 Å². The van der Waals surface area contributed by atoms with Crippen molar-refractivity contribution in [3.63, 3.8) is 0 Å². The lowest BCUT2D eigenvalue weighted by Crippen LogP contribution is -2.21. The molecule has 5 aromatic rings. The van der Waals surface area contributed by atoms with E-state index < -0.39 is 0 Å². The van der Waals surface area contributed by atoms with Gasteiger partial charge in [-0.3, -0.25) is 0 Å². The number of allylic oxidation sites excluding steroid dienone is 6. The monoisotopic (exact) mass is 624 g/mol. The van der Waals surface area contributed by atoms with Crippen molar-refractivity contribution < 1.29 is 0 Å². The normalized spacial score (nSPS) is 21.9. The van der Waals surface area contributed by atoms with Crippen LogP contribution in [0.5, 0.6) is 0 Å². The molecule has 0 amide bonds. The maximum atomic E-state index is 2.64. The third kappa shape index (κ3) is 3.99. The first-order valence-corrected chi connectivity index (χ1v) is 18.8. The maximum absolute atomic E-state index is 2.64. The molecule has 3 heteroatoms. The molecule has 0 radical (unpaired) electrons. The number of thiophene rings is 3. The fraction of sp³-hybridized carbons (Fsp3) is 0.268. The molecule has 0 N–H and O–H groups in total. The van der Waals surface area contributed by atoms with Gasteiger partial charge in [-0.1, -0.05) is 92.8 Å². The summed E-state index contributed by atoms with van der Waals surface area (Å²) in [5, 5.41) is 4.34. The highest BCUT2D eigenvalue weighted by atomic mass is 32.1. The number of fused-ring (bicyclic) bond motifs is 9. The van der Waals surface area contributed by atoms with Crippen LogP contribution in [0.1, 0.15) is 82.8 Å². The molecule has 0 spiro atoms. The molecule has 0 bridgehead atoms. The van der Waals surface area contributed by atoms with Gasteiger partial charge in [-0.15, -0.1) is 34.0 Å². The Bertz CT molecular complexity index is 2250. The third-order valence-electron chi connectivity index (χ3n) is 10.2. The molecule has 1 fully saturated rings. The van der Waals surface area contributed by atoms with Crippen molar-refractivity contribution in [2.24, 2.45) is 11.8 Å². The Morgan fingerprint density at radius 1 is 0.909 bits per heavy atom. The summed E-state index contributed by atoms with van der Waals surface area (Å²) in [7, 11) is 0. The van der Waals surface area contributed by atoms with Gasteiger partial charge < -0.3 is 0 Å². The van der Waals surface area contributed by atoms with Crippen molar-refractivity contribution in [2.75, 3.05) is 0 Å². The fourth-order valence-electron chi connectivity index (χ4n) is 7.96. The highest BCUT2D eigenvalue weighted by molar-refractivity contribution is 7.21. The maximum Gasteiger partial charge on any atom is 0.0431 e. The third-order valence-corrected chi connectivity index (χ3v) is 14.1. The largest absolute Gasteiger partial charge is 0.139 e. The highest BCUT2D eigenvalue weighted by Gasteiger charge is 2.44. The van der Waals surface area contributed by atoms with Crippen molar-refractivity contribution >= 4 is 83.1 Å². The molecular weight excluding hydrogens is 589 g/mol. The van der Waals surface area contributed by atoms with Crippen LogP contribution in [0.4, 0.5) is 0 Å². The summed E-state index contributed by atoms with van der Waals surface area (Å²) >= 11 is 6.09. The second-order valence-electron chi connectivity index (χ2n) is 12.8. The minimum atomic E-state index is 0.586. The molecule has 44 heavy (non-hydrogen) atoms. The SMILES string of the molecule is C/C=C\c1c(CC)sc2c1CC(CC)C=C2c1cccc2c3c(sc12)C(C1=c2sc4ccccc4c2=CCC=C1)=CC1CC31. The topological polar surface area (TPSA) is 0 Å². The molecule has 3 heterocycles. The summed E-state index contributed by atoms with van der Waals surface area (Å²) < 4.78 is 4.33. The van der Waals surface area contributed by atoms with Crippen LogP contribution in [0.2, 0.25) is 0 Å². The van der Waals surface area contributed by atoms with Crippen molar-refractivity contribution in [3.05, 3.63) is 119 Å². The predicted molar refractivity (Wildman–Crippen MR) is 196 cm³/mol. The Hall–Kier alpha value is -3.24. The van der Waals surface area contributed by atoms with Crippen LogP contribution >= 0.6 is 34.0 Å². The van der Waals surface area contributed by atoms with Crippen LogP contribution in [0.3, 0.4) is 0 Å². The second kappa shape index (κ2) is 10.4. The summed E-state index contributed by atoms with van der Waals surface area (Å²) in [6.07, 6.45) is 22.8. The zero-order valence-corrected chi connectivity index (χ0v) is 28.0. The van der Waals surface area contributed by atoms with E-state index in [1.165, 1.54) is 85.2 Å². The molecule has 1 saturated carbocycles. The van der Waals surface area contributed by atoms with E-state index in [1.807, 2.05) is 22.7 Å². The predicted octanol–water partition coefficient (Wildman–Crippen LogP) is 10.9. The van der Waals surface area contributed by atoms with E-state index in [0.717, 1.165) is 19.3 Å². The van der Waals surface area contributed by atoms with Crippen LogP contribution in [-0.4, -0.2) is 0 Å². The summed E-state index contributed by atoms with van der Waals surface area (Å²) in [6.45, 7) is 6.84. The molecule has 3 atom stereocenters. The van der Waals surface area contributed by atoms with E-state index in [9.17, 15) is 0 Å². The van der Waals surface area contributed by atoms with E-state index in [0.29, 0.717) is 17.8 Å². The highest BCUT2D eigenvalue weighted by Crippen LogP contribution is 2.61. The lowest BCUT2D eigenvalue weighted by molar-refractivity contribution is 0.619. The smallest absolute Gasteiger partial charge is 0.0431 e. The summed E-state index contributed by atoms with van der Waals surface area (Å²) in [4.78, 5) is 4.58. The minimum Gasteiger partial charge on any atom is -0.139 e. The summed E-state index contributed by atoms with van der Waals surface area (Å²) in [5.41, 5.74) is 10.6. The van der Waals surface area contributed by atoms with Crippen LogP contribution in [0.15, 0.2) is 72.8 Å². The quantitative estimate of drug-likeness (QED) is 0.182. The molecule has 2 aromatic carbocycles. The van der Waals surface area contributed by atoms with Crippen molar-refractivity contribution in [1.29, 1.82) is 0 Å². The van der Waals surface area contributed by atoms with Gasteiger partial charge in [0.1, 0.15) is 0 Å². The molecular formula is C41H36S3. The first-order valence-electron chi connectivity index (χ1n) is 16.3. The molecule has 9 rings (SSSR count). The van der Waals surface area contributed by atoms with Crippen LogP contribution in [0, 0.1) is 11.8 Å². The molecule has 218 valence electrons. The standard InChI is InChI=1S/C41H36S3/c1-4-12-25-32-19-23(5-2)20-33(40(32)42-35(25)6-3)29-16-11-17-30-37-31-21-24(31)22-34(41(37)44-39(29)30)28-15-8-7-14-27-26-13-9-10-18-36(26)43-38(27)28/h4,8-18,20,22-24,31H,5-7,19,21H2,1-3H3/b12-4-. The first kappa shape index (κ1) is 27.1. The van der Waals surface area contributed by atoms with E-state index in [2.05, 4.69) is 117 Å². The van der Waals surface area contributed by atoms with Crippen LogP contribution in [-0.2, 0) is 12.8 Å². The van der Waals surface area contributed by atoms with Crippen molar-refractivity contribution in [2.45, 2.75) is 58.8 Å². The average molecular weight is 625 g/mol. The van der Waals surface area contributed by atoms with Gasteiger partial charge >= 0.3 is 0 Å². The Labute approximate surface area is 271 Å². The van der Waals surface area contributed by atoms with Gasteiger partial charge in [0, 0.05) is 45.1 Å². The summed E-state index contributed by atoms with van der Waals surface area (Å²) in [6, 6.07) is 16.2. The van der Waals surface area contributed by atoms with Crippen molar-refractivity contribution in [1.82, 2.24) is 0 Å². The van der Waals surface area contributed by atoms with E-state index in [-0.39, 0.29) is 0 Å². The van der Waals surface area contributed by atoms with Gasteiger partial charge in [-0.05, 0) is 101 Å². The van der Waals surface area contributed by atoms with E-state index in [4.69, 9.17) is 0 Å². The average Bonchev–Trinajstić information content (AvgIpc) is 3.49. The number of hydrogen-bond acceptors (Lipinski definition) is 3. The van der Waals surface area contributed by atoms with Crippen molar-refractivity contribution in [3.8, 4) is 0 Å². The lowest BCUT2D eigenvalue weighted by Gasteiger charge is -2.22. The molecule has 3 unspecified atom stereocenters. The van der Waals surface area contributed by atoms with E-state index >= 15 is 0 Å². The number of hydrogen-bond donors (Lipinski definition) is 0. The van der Waals surface area contributed by atoms with Gasteiger partial charge in [-0.2, -0.15) is 0 Å². The van der Waals surface area contributed by atoms with Crippen LogP contribution in [0.25, 0.3) is 49.0 Å². The summed E-state index contributed by atoms with van der Waals surface area (Å²) in [5.74, 6) is 1.93. The Kier molecular flexibility index (Phi) is 6.41. The minimum absolute atomic E-state index is 0.586. The molecule has 0 nitrogen and oxygen atoms in total. The van der Waals surface area contributed by atoms with E-state index in [1.54, 1.807) is 11.1 Å². The van der Waals surface area contributed by atoms with Gasteiger partial charge in [-0.25, -0.2) is 0 Å². The number of aryl methyl sites for hydroxylation is 1. The number of benzene rings is 2. The van der Waals surface area contributed by atoms with Gasteiger partial charge in [0.15, 0.2) is 0 Å². The zero-order chi connectivity index (χ0) is 29.5. The fourth-order valence-corrected chi connectivity index (χ4v) is 11.9. The molecule has 0 saturated heterocycles. The first-order chi connectivity index (χ1) is 21.7. The zero-order valence-electron chi connectivity index (χ0n) is 25.6. The molecule has 4 aliphatic carbocycles. The van der Waals surface area contributed by atoms with Gasteiger partial charge in [0.2, 0.25) is 0 Å². The number of rotatable bonds is 5. The lowest BCUT2D eigenvalue weighted by atomic mass is 9.83. The second-order valence-corrected chi connectivity index (χ2v) is 15.9. The molecule has 3 aromatic heterocycles. The Morgan fingerprint density at radius 2 is 1.80 bits per heavy atom. The Balaban J connectivity index is 1.28. The molecule has 4 aliphatic rings. The molecule has 0 aliphatic heterocycles. The van der Waals surface area contributed by atoms with Crippen LogP contribution < -0.4 is 9.75 Å². The Morgan fingerprint density at radius 3 is 2.66 bits per heavy atom. The van der Waals surface area contributed by atoms with Gasteiger partial charge in [0.05, 0.1) is 0 Å².